The number of anilines is 1. The molecule has 33 heavy (non-hydrogen) atoms. The zero-order chi connectivity index (χ0) is 23.4. The van der Waals surface area contributed by atoms with Crippen molar-refractivity contribution < 1.29 is 19.1 Å². The summed E-state index contributed by atoms with van der Waals surface area (Å²) in [5.74, 6) is -0.712. The molecule has 1 fully saturated rings. The Hall–Kier alpha value is -3.65. The molecule has 3 aromatic rings. The number of fused-ring (bicyclic) bond motifs is 1. The van der Waals surface area contributed by atoms with Gasteiger partial charge in [-0.3, -0.25) is 19.3 Å². The molecule has 168 valence electrons. The predicted molar refractivity (Wildman–Crippen MR) is 131 cm³/mol. The standard InChI is InChI=1S/C25H23N3O4S/c1-3-28-24(31)22(15-23(30)26-20-12-6-7-14-21(20)32-16(2)29)33-25(28)27-19-13-8-10-17-9-4-5-11-18(17)19/h4-14,22H,3,15H2,1-2H3,(H,26,30). The summed E-state index contributed by atoms with van der Waals surface area (Å²) in [6, 6.07) is 20.5. The summed E-state index contributed by atoms with van der Waals surface area (Å²) >= 11 is 1.29. The average Bonchev–Trinajstić information content (AvgIpc) is 3.08. The number of aliphatic imine (C=N–C) groups is 1. The molecule has 0 saturated carbocycles. The Morgan fingerprint density at radius 3 is 2.58 bits per heavy atom. The smallest absolute Gasteiger partial charge is 0.308 e. The lowest BCUT2D eigenvalue weighted by Crippen LogP contribution is -2.33. The van der Waals surface area contributed by atoms with Crippen molar-refractivity contribution in [3.8, 4) is 5.75 Å². The van der Waals surface area contributed by atoms with E-state index in [1.165, 1.54) is 18.7 Å². The third kappa shape index (κ3) is 5.06. The molecule has 0 spiro atoms. The number of hydrogen-bond donors (Lipinski definition) is 1. The Labute approximate surface area is 195 Å². The van der Waals surface area contributed by atoms with Gasteiger partial charge < -0.3 is 10.1 Å². The molecule has 1 atom stereocenters. The van der Waals surface area contributed by atoms with Crippen LogP contribution in [0.1, 0.15) is 20.3 Å². The number of nitrogens with zero attached hydrogens (tertiary/aromatic N) is 2. The van der Waals surface area contributed by atoms with E-state index < -0.39 is 11.2 Å². The number of hydrogen-bond acceptors (Lipinski definition) is 6. The van der Waals surface area contributed by atoms with Crippen molar-refractivity contribution >= 4 is 56.9 Å². The van der Waals surface area contributed by atoms with Gasteiger partial charge in [-0.1, -0.05) is 60.3 Å². The molecule has 2 amide bonds. The van der Waals surface area contributed by atoms with E-state index in [9.17, 15) is 14.4 Å². The van der Waals surface area contributed by atoms with E-state index in [1.54, 1.807) is 29.2 Å². The largest absolute Gasteiger partial charge is 0.424 e. The van der Waals surface area contributed by atoms with E-state index in [1.807, 2.05) is 49.4 Å². The molecule has 1 aliphatic heterocycles. The van der Waals surface area contributed by atoms with Crippen LogP contribution in [0.15, 0.2) is 71.7 Å². The van der Waals surface area contributed by atoms with E-state index in [-0.39, 0.29) is 24.0 Å². The van der Waals surface area contributed by atoms with Crippen molar-refractivity contribution in [2.45, 2.75) is 25.5 Å². The number of rotatable bonds is 6. The zero-order valence-corrected chi connectivity index (χ0v) is 19.1. The summed E-state index contributed by atoms with van der Waals surface area (Å²) < 4.78 is 5.14. The van der Waals surface area contributed by atoms with Crippen molar-refractivity contribution in [3.63, 3.8) is 0 Å². The lowest BCUT2D eigenvalue weighted by molar-refractivity contribution is -0.132. The molecule has 8 heteroatoms. The number of carbonyl (C=O) groups is 3. The van der Waals surface area contributed by atoms with Gasteiger partial charge in [0.1, 0.15) is 5.25 Å². The van der Waals surface area contributed by atoms with Gasteiger partial charge in [0.2, 0.25) is 11.8 Å². The van der Waals surface area contributed by atoms with Gasteiger partial charge in [0.05, 0.1) is 11.4 Å². The summed E-state index contributed by atoms with van der Waals surface area (Å²) in [6.45, 7) is 3.64. The van der Waals surface area contributed by atoms with Crippen molar-refractivity contribution in [3.05, 3.63) is 66.7 Å². The fourth-order valence-electron chi connectivity index (χ4n) is 3.61. The van der Waals surface area contributed by atoms with Crippen molar-refractivity contribution in [1.29, 1.82) is 0 Å². The number of amidine groups is 1. The Morgan fingerprint density at radius 1 is 1.06 bits per heavy atom. The molecular weight excluding hydrogens is 438 g/mol. The van der Waals surface area contributed by atoms with Gasteiger partial charge >= 0.3 is 5.97 Å². The van der Waals surface area contributed by atoms with Crippen LogP contribution >= 0.6 is 11.8 Å². The Bertz CT molecular complexity index is 1250. The monoisotopic (exact) mass is 461 g/mol. The first-order valence-corrected chi connectivity index (χ1v) is 11.5. The highest BCUT2D eigenvalue weighted by Gasteiger charge is 2.38. The van der Waals surface area contributed by atoms with E-state index in [0.29, 0.717) is 17.4 Å². The Morgan fingerprint density at radius 2 is 1.79 bits per heavy atom. The SMILES string of the molecule is CCN1C(=O)C(CC(=O)Nc2ccccc2OC(C)=O)SC1=Nc1cccc2ccccc12. The molecule has 1 aliphatic rings. The van der Waals surface area contributed by atoms with Crippen LogP contribution in [0.5, 0.6) is 5.75 Å². The van der Waals surface area contributed by atoms with Crippen LogP contribution in [0.4, 0.5) is 11.4 Å². The summed E-state index contributed by atoms with van der Waals surface area (Å²) in [7, 11) is 0. The summed E-state index contributed by atoms with van der Waals surface area (Å²) in [5, 5.41) is 4.81. The summed E-state index contributed by atoms with van der Waals surface area (Å²) in [5.41, 5.74) is 1.16. The molecule has 0 radical (unpaired) electrons. The highest BCUT2D eigenvalue weighted by molar-refractivity contribution is 8.15. The average molecular weight is 462 g/mol. The van der Waals surface area contributed by atoms with E-state index in [4.69, 9.17) is 9.73 Å². The van der Waals surface area contributed by atoms with Gasteiger partial charge in [-0.25, -0.2) is 4.99 Å². The van der Waals surface area contributed by atoms with E-state index in [0.717, 1.165) is 16.5 Å². The normalized spacial score (nSPS) is 16.9. The van der Waals surface area contributed by atoms with Crippen LogP contribution in [0.2, 0.25) is 0 Å². The van der Waals surface area contributed by atoms with E-state index >= 15 is 0 Å². The molecule has 1 saturated heterocycles. The van der Waals surface area contributed by atoms with Crippen LogP contribution in [0, 0.1) is 0 Å². The number of para-hydroxylation sites is 2. The molecule has 7 nitrogen and oxygen atoms in total. The fourth-order valence-corrected chi connectivity index (χ4v) is 4.82. The fraction of sp³-hybridized carbons (Fsp3) is 0.200. The van der Waals surface area contributed by atoms with Gasteiger partial charge in [0, 0.05) is 25.3 Å². The first-order valence-electron chi connectivity index (χ1n) is 10.6. The molecule has 0 aromatic heterocycles. The van der Waals surface area contributed by atoms with Gasteiger partial charge in [0.25, 0.3) is 0 Å². The molecule has 1 N–H and O–H groups in total. The van der Waals surface area contributed by atoms with Crippen molar-refractivity contribution in [2.24, 2.45) is 4.99 Å². The van der Waals surface area contributed by atoms with Crippen LogP contribution in [0.3, 0.4) is 0 Å². The first kappa shape index (κ1) is 22.5. The topological polar surface area (TPSA) is 88.1 Å². The number of ether oxygens (including phenoxy) is 1. The zero-order valence-electron chi connectivity index (χ0n) is 18.3. The summed E-state index contributed by atoms with van der Waals surface area (Å²) in [6.07, 6.45) is -0.0248. The first-order chi connectivity index (χ1) is 16.0. The minimum atomic E-state index is -0.584. The maximum Gasteiger partial charge on any atom is 0.308 e. The second-order valence-corrected chi connectivity index (χ2v) is 8.59. The third-order valence-electron chi connectivity index (χ3n) is 5.10. The number of benzene rings is 3. The molecule has 3 aromatic carbocycles. The third-order valence-corrected chi connectivity index (χ3v) is 6.28. The number of esters is 1. The predicted octanol–water partition coefficient (Wildman–Crippen LogP) is 4.75. The van der Waals surface area contributed by atoms with Crippen LogP contribution in [-0.2, 0) is 14.4 Å². The second-order valence-electron chi connectivity index (χ2n) is 7.42. The maximum atomic E-state index is 13.0. The van der Waals surface area contributed by atoms with E-state index in [2.05, 4.69) is 5.32 Å². The maximum absolute atomic E-state index is 13.0. The van der Waals surface area contributed by atoms with Crippen LogP contribution in [0.25, 0.3) is 10.8 Å². The molecule has 0 aliphatic carbocycles. The van der Waals surface area contributed by atoms with Gasteiger partial charge in [-0.15, -0.1) is 0 Å². The van der Waals surface area contributed by atoms with Gasteiger partial charge in [-0.2, -0.15) is 0 Å². The van der Waals surface area contributed by atoms with Crippen LogP contribution in [-0.4, -0.2) is 39.6 Å². The summed E-state index contributed by atoms with van der Waals surface area (Å²) in [4.78, 5) is 43.4. The molecular formula is C25H23N3O4S. The lowest BCUT2D eigenvalue weighted by Gasteiger charge is -2.14. The minimum Gasteiger partial charge on any atom is -0.424 e. The highest BCUT2D eigenvalue weighted by Crippen LogP contribution is 2.34. The van der Waals surface area contributed by atoms with Crippen molar-refractivity contribution in [1.82, 2.24) is 4.90 Å². The number of carbonyl (C=O) groups excluding carboxylic acids is 3. The Kier molecular flexibility index (Phi) is 6.74. The van der Waals surface area contributed by atoms with Crippen molar-refractivity contribution in [2.75, 3.05) is 11.9 Å². The van der Waals surface area contributed by atoms with Gasteiger partial charge in [0.15, 0.2) is 10.9 Å². The molecule has 0 bridgehead atoms. The van der Waals surface area contributed by atoms with Crippen LogP contribution < -0.4 is 10.1 Å². The number of amides is 2. The molecule has 1 heterocycles. The minimum absolute atomic E-state index is 0.0248. The molecule has 4 rings (SSSR count). The highest BCUT2D eigenvalue weighted by atomic mass is 32.2. The Balaban J connectivity index is 1.52. The second kappa shape index (κ2) is 9.87. The quantitative estimate of drug-likeness (QED) is 0.423. The number of thioether (sulfide) groups is 1. The number of nitrogens with one attached hydrogen (secondary N) is 1. The lowest BCUT2D eigenvalue weighted by atomic mass is 10.1. The molecule has 1 unspecified atom stereocenters. The van der Waals surface area contributed by atoms with Gasteiger partial charge in [-0.05, 0) is 30.5 Å².